The molecule has 0 atom stereocenters. The molecule has 32 heavy (non-hydrogen) atoms. The minimum atomic E-state index is -3.95. The van der Waals surface area contributed by atoms with E-state index in [0.717, 1.165) is 16.9 Å². The summed E-state index contributed by atoms with van der Waals surface area (Å²) in [5.41, 5.74) is 2.83. The first-order valence-corrected chi connectivity index (χ1v) is 11.5. The van der Waals surface area contributed by atoms with Crippen LogP contribution >= 0.6 is 0 Å². The van der Waals surface area contributed by atoms with Crippen molar-refractivity contribution in [3.63, 3.8) is 0 Å². The van der Waals surface area contributed by atoms with Crippen molar-refractivity contribution in [3.8, 4) is 17.2 Å². The van der Waals surface area contributed by atoms with Gasteiger partial charge in [0.15, 0.2) is 6.61 Å². The summed E-state index contributed by atoms with van der Waals surface area (Å²) in [7, 11) is -2.58. The van der Waals surface area contributed by atoms with Crippen LogP contribution < -0.4 is 19.5 Å². The topological polar surface area (TPSA) is 112 Å². The van der Waals surface area contributed by atoms with Crippen LogP contribution in [0.25, 0.3) is 5.69 Å². The average molecular weight is 457 g/mol. The van der Waals surface area contributed by atoms with Crippen LogP contribution in [0.4, 0.5) is 5.69 Å². The molecule has 0 unspecified atom stereocenters. The summed E-state index contributed by atoms with van der Waals surface area (Å²) >= 11 is 0. The van der Waals surface area contributed by atoms with Crippen LogP contribution in [0.5, 0.6) is 11.5 Å². The van der Waals surface area contributed by atoms with Gasteiger partial charge in [-0.2, -0.15) is 5.10 Å². The first-order valence-electron chi connectivity index (χ1n) is 10.1. The van der Waals surface area contributed by atoms with Crippen LogP contribution in [0, 0.1) is 0 Å². The van der Waals surface area contributed by atoms with Gasteiger partial charge in [-0.1, -0.05) is 32.0 Å². The van der Waals surface area contributed by atoms with Crippen molar-refractivity contribution in [1.29, 1.82) is 0 Å². The molecule has 168 valence electrons. The van der Waals surface area contributed by atoms with Crippen molar-refractivity contribution in [2.75, 3.05) is 19.0 Å². The molecule has 0 aliphatic carbocycles. The molecular weight excluding hydrogens is 432 g/mol. The van der Waals surface area contributed by atoms with E-state index in [4.69, 9.17) is 9.47 Å². The summed E-state index contributed by atoms with van der Waals surface area (Å²) in [5, 5.41) is 7.29. The number of ether oxygens (including phenoxy) is 2. The fourth-order valence-corrected chi connectivity index (χ4v) is 4.64. The summed E-state index contributed by atoms with van der Waals surface area (Å²) in [6.45, 7) is 3.89. The molecule has 3 aromatic rings. The van der Waals surface area contributed by atoms with Crippen LogP contribution in [-0.4, -0.2) is 37.8 Å². The lowest BCUT2D eigenvalue weighted by Gasteiger charge is -2.20. The summed E-state index contributed by atoms with van der Waals surface area (Å²) < 4.78 is 41.3. The van der Waals surface area contributed by atoms with E-state index < -0.39 is 10.0 Å². The lowest BCUT2D eigenvalue weighted by Crippen LogP contribution is -2.27. The quantitative estimate of drug-likeness (QED) is 0.566. The van der Waals surface area contributed by atoms with Gasteiger partial charge >= 0.3 is 0 Å². The van der Waals surface area contributed by atoms with Crippen molar-refractivity contribution in [1.82, 2.24) is 14.5 Å². The number of aromatic nitrogens is 2. The first-order chi connectivity index (χ1) is 15.3. The third-order valence-corrected chi connectivity index (χ3v) is 6.45. The third kappa shape index (κ3) is 4.32. The number of anilines is 1. The van der Waals surface area contributed by atoms with E-state index in [1.165, 1.54) is 19.2 Å². The van der Waals surface area contributed by atoms with Gasteiger partial charge in [0, 0.05) is 30.4 Å². The molecule has 1 aliphatic rings. The zero-order valence-electron chi connectivity index (χ0n) is 18.0. The van der Waals surface area contributed by atoms with Crippen LogP contribution in [0.15, 0.2) is 53.6 Å². The normalized spacial score (nSPS) is 13.4. The summed E-state index contributed by atoms with van der Waals surface area (Å²) in [5.74, 6) is 0.163. The minimum absolute atomic E-state index is 0.0561. The Labute approximate surface area is 186 Å². The maximum atomic E-state index is 13.1. The highest BCUT2D eigenvalue weighted by atomic mass is 32.2. The monoisotopic (exact) mass is 456 g/mol. The van der Waals surface area contributed by atoms with Crippen molar-refractivity contribution in [2.45, 2.75) is 31.2 Å². The van der Waals surface area contributed by atoms with Gasteiger partial charge in [-0.3, -0.25) is 4.79 Å². The van der Waals surface area contributed by atoms with Gasteiger partial charge < -0.3 is 14.8 Å². The van der Waals surface area contributed by atoms with Gasteiger partial charge in [0.25, 0.3) is 5.91 Å². The largest absolute Gasteiger partial charge is 0.495 e. The molecule has 0 saturated carbocycles. The Bertz CT molecular complexity index is 1250. The number of carbonyl (C=O) groups is 1. The van der Waals surface area contributed by atoms with E-state index in [1.54, 1.807) is 4.68 Å². The second-order valence-electron chi connectivity index (χ2n) is 7.64. The van der Waals surface area contributed by atoms with Crippen LogP contribution in [0.1, 0.15) is 31.0 Å². The number of hydrogen-bond acceptors (Lipinski definition) is 6. The standard InChI is InChI=1S/C22H24N4O5S/c1-14(2)22-15(12-26(25-22)16-7-5-4-6-8-16)11-23-32(28,29)20-10-18-17(9-19(20)30-3)24-21(27)13-31-18/h4-10,12,14,23H,11,13H2,1-3H3,(H,24,27). The molecule has 9 nitrogen and oxygen atoms in total. The number of methoxy groups -OCH3 is 1. The molecule has 0 bridgehead atoms. The number of para-hydroxylation sites is 1. The van der Waals surface area contributed by atoms with Gasteiger partial charge in [-0.15, -0.1) is 0 Å². The van der Waals surface area contributed by atoms with Crippen molar-refractivity contribution >= 4 is 21.6 Å². The zero-order valence-corrected chi connectivity index (χ0v) is 18.8. The predicted octanol–water partition coefficient (Wildman–Crippen LogP) is 2.81. The van der Waals surface area contributed by atoms with Crippen LogP contribution in [0.2, 0.25) is 0 Å². The molecule has 2 N–H and O–H groups in total. The number of hydrogen-bond donors (Lipinski definition) is 2. The molecule has 1 aromatic heterocycles. The summed E-state index contributed by atoms with van der Waals surface area (Å²) in [6.07, 6.45) is 1.83. The molecule has 0 spiro atoms. The predicted molar refractivity (Wildman–Crippen MR) is 119 cm³/mol. The Hall–Kier alpha value is -3.37. The summed E-state index contributed by atoms with van der Waals surface area (Å²) in [6, 6.07) is 12.4. The van der Waals surface area contributed by atoms with Gasteiger partial charge in [0.2, 0.25) is 10.0 Å². The van der Waals surface area contributed by atoms with E-state index in [-0.39, 0.29) is 41.4 Å². The lowest BCUT2D eigenvalue weighted by molar-refractivity contribution is -0.118. The third-order valence-electron chi connectivity index (χ3n) is 5.03. The highest BCUT2D eigenvalue weighted by Gasteiger charge is 2.26. The molecule has 2 heterocycles. The zero-order chi connectivity index (χ0) is 22.9. The average Bonchev–Trinajstić information content (AvgIpc) is 3.22. The van der Waals surface area contributed by atoms with Gasteiger partial charge in [-0.05, 0) is 18.1 Å². The van der Waals surface area contributed by atoms with Gasteiger partial charge in [-0.25, -0.2) is 17.8 Å². The molecule has 1 amide bonds. The molecule has 10 heteroatoms. The molecule has 0 saturated heterocycles. The van der Waals surface area contributed by atoms with E-state index in [9.17, 15) is 13.2 Å². The fraction of sp³-hybridized carbons (Fsp3) is 0.273. The van der Waals surface area contributed by atoms with E-state index in [2.05, 4.69) is 15.1 Å². The molecular formula is C22H24N4O5S. The molecule has 2 aromatic carbocycles. The minimum Gasteiger partial charge on any atom is -0.495 e. The van der Waals surface area contributed by atoms with E-state index in [0.29, 0.717) is 5.69 Å². The van der Waals surface area contributed by atoms with Crippen LogP contribution in [-0.2, 0) is 21.4 Å². The van der Waals surface area contributed by atoms with E-state index >= 15 is 0 Å². The SMILES string of the molecule is COc1cc2c(cc1S(=O)(=O)NCc1cn(-c3ccccc3)nc1C(C)C)OCC(=O)N2. The number of amides is 1. The Morgan fingerprint density at radius 3 is 2.69 bits per heavy atom. The number of fused-ring (bicyclic) bond motifs is 1. The molecule has 4 rings (SSSR count). The molecule has 0 fully saturated rings. The van der Waals surface area contributed by atoms with Gasteiger partial charge in [0.05, 0.1) is 24.2 Å². The van der Waals surface area contributed by atoms with Crippen LogP contribution in [0.3, 0.4) is 0 Å². The Morgan fingerprint density at radius 2 is 2.00 bits per heavy atom. The van der Waals surface area contributed by atoms with E-state index in [1.807, 2.05) is 50.4 Å². The lowest BCUT2D eigenvalue weighted by atomic mass is 10.1. The Morgan fingerprint density at radius 1 is 1.25 bits per heavy atom. The maximum absolute atomic E-state index is 13.1. The number of nitrogens with zero attached hydrogens (tertiary/aromatic N) is 2. The van der Waals surface area contributed by atoms with Crippen molar-refractivity contribution in [2.24, 2.45) is 0 Å². The second kappa shape index (κ2) is 8.64. The number of sulfonamides is 1. The van der Waals surface area contributed by atoms with Crippen molar-refractivity contribution in [3.05, 3.63) is 59.9 Å². The van der Waals surface area contributed by atoms with Crippen molar-refractivity contribution < 1.29 is 22.7 Å². The maximum Gasteiger partial charge on any atom is 0.262 e. The Balaban J connectivity index is 1.63. The highest BCUT2D eigenvalue weighted by molar-refractivity contribution is 7.89. The number of rotatable bonds is 7. The molecule has 0 radical (unpaired) electrons. The number of benzene rings is 2. The second-order valence-corrected chi connectivity index (χ2v) is 9.37. The summed E-state index contributed by atoms with van der Waals surface area (Å²) in [4.78, 5) is 11.5. The highest BCUT2D eigenvalue weighted by Crippen LogP contribution is 2.37. The van der Waals surface area contributed by atoms with Gasteiger partial charge in [0.1, 0.15) is 16.4 Å². The fourth-order valence-electron chi connectivity index (χ4n) is 3.47. The number of nitrogens with one attached hydrogen (secondary N) is 2. The Kier molecular flexibility index (Phi) is 5.90. The molecule has 1 aliphatic heterocycles. The smallest absolute Gasteiger partial charge is 0.262 e. The first kappa shape index (κ1) is 21.8. The number of carbonyl (C=O) groups excluding carboxylic acids is 1.